The molecular formula is C10H15N3O. The van der Waals surface area contributed by atoms with E-state index in [1.165, 1.54) is 6.20 Å². The van der Waals surface area contributed by atoms with Crippen LogP contribution in [-0.4, -0.2) is 17.3 Å². The van der Waals surface area contributed by atoms with Crippen LogP contribution in [0.1, 0.15) is 29.6 Å². The Morgan fingerprint density at radius 2 is 2.21 bits per heavy atom. The Morgan fingerprint density at radius 1 is 1.43 bits per heavy atom. The van der Waals surface area contributed by atoms with E-state index in [-0.39, 0.29) is 5.78 Å². The van der Waals surface area contributed by atoms with Crippen LogP contribution < -0.4 is 11.5 Å². The molecule has 0 saturated heterocycles. The lowest BCUT2D eigenvalue weighted by Gasteiger charge is -2.02. The molecule has 0 saturated carbocycles. The number of nitrogens with two attached hydrogens (primary N) is 2. The molecule has 4 nitrogen and oxygen atoms in total. The molecule has 0 spiro atoms. The minimum atomic E-state index is 0.0454. The third kappa shape index (κ3) is 2.81. The number of hydrogen-bond donors (Lipinski definition) is 2. The topological polar surface area (TPSA) is 82.0 Å². The number of aromatic nitrogens is 1. The van der Waals surface area contributed by atoms with Crippen LogP contribution in [0.2, 0.25) is 0 Å². The SMILES string of the molecule is NCCCCC(=O)c1cnccc1N. The van der Waals surface area contributed by atoms with Gasteiger partial charge in [0.2, 0.25) is 0 Å². The van der Waals surface area contributed by atoms with Gasteiger partial charge in [-0.25, -0.2) is 0 Å². The van der Waals surface area contributed by atoms with E-state index in [1.807, 2.05) is 0 Å². The van der Waals surface area contributed by atoms with Crippen molar-refractivity contribution in [2.75, 3.05) is 12.3 Å². The average molecular weight is 193 g/mol. The number of pyridine rings is 1. The van der Waals surface area contributed by atoms with E-state index in [1.54, 1.807) is 12.3 Å². The summed E-state index contributed by atoms with van der Waals surface area (Å²) in [5.41, 5.74) is 12.0. The van der Waals surface area contributed by atoms with Crippen LogP contribution in [0, 0.1) is 0 Å². The molecule has 0 amide bonds. The number of hydrogen-bond acceptors (Lipinski definition) is 4. The maximum Gasteiger partial charge on any atom is 0.166 e. The van der Waals surface area contributed by atoms with Gasteiger partial charge in [-0.15, -0.1) is 0 Å². The zero-order valence-corrected chi connectivity index (χ0v) is 8.07. The minimum Gasteiger partial charge on any atom is -0.398 e. The van der Waals surface area contributed by atoms with Crippen LogP contribution in [0.3, 0.4) is 0 Å². The second kappa shape index (κ2) is 5.34. The standard InChI is InChI=1S/C10H15N3O/c11-5-2-1-3-10(14)8-7-13-6-4-9(8)12/h4,6-7H,1-3,5,11H2,(H2,12,13). The highest BCUT2D eigenvalue weighted by molar-refractivity contribution is 6.00. The van der Waals surface area contributed by atoms with Crippen LogP contribution in [0.15, 0.2) is 18.5 Å². The highest BCUT2D eigenvalue weighted by Crippen LogP contribution is 2.12. The third-order valence-corrected chi connectivity index (χ3v) is 2.01. The van der Waals surface area contributed by atoms with Gasteiger partial charge in [-0.1, -0.05) is 0 Å². The molecule has 0 aromatic carbocycles. The molecule has 1 rings (SSSR count). The van der Waals surface area contributed by atoms with Crippen LogP contribution in [0.4, 0.5) is 5.69 Å². The van der Waals surface area contributed by atoms with Crippen molar-refractivity contribution in [3.05, 3.63) is 24.0 Å². The molecule has 0 aliphatic carbocycles. The molecule has 14 heavy (non-hydrogen) atoms. The van der Waals surface area contributed by atoms with Gasteiger partial charge in [0, 0.05) is 24.5 Å². The van der Waals surface area contributed by atoms with Crippen molar-refractivity contribution >= 4 is 11.5 Å². The zero-order chi connectivity index (χ0) is 10.4. The summed E-state index contributed by atoms with van der Waals surface area (Å²) in [6.07, 6.45) is 5.26. The van der Waals surface area contributed by atoms with Gasteiger partial charge < -0.3 is 11.5 Å². The van der Waals surface area contributed by atoms with E-state index in [0.29, 0.717) is 24.2 Å². The molecule has 0 unspecified atom stereocenters. The summed E-state index contributed by atoms with van der Waals surface area (Å²) in [4.78, 5) is 15.4. The summed E-state index contributed by atoms with van der Waals surface area (Å²) in [5, 5.41) is 0. The smallest absolute Gasteiger partial charge is 0.166 e. The summed E-state index contributed by atoms with van der Waals surface area (Å²) in [6.45, 7) is 0.621. The molecule has 1 aromatic heterocycles. The van der Waals surface area contributed by atoms with Crippen LogP contribution in [0.25, 0.3) is 0 Å². The largest absolute Gasteiger partial charge is 0.398 e. The Hall–Kier alpha value is -1.42. The van der Waals surface area contributed by atoms with Gasteiger partial charge >= 0.3 is 0 Å². The van der Waals surface area contributed by atoms with E-state index >= 15 is 0 Å². The summed E-state index contributed by atoms with van der Waals surface area (Å²) in [5.74, 6) is 0.0454. The molecular weight excluding hydrogens is 178 g/mol. The van der Waals surface area contributed by atoms with Crippen molar-refractivity contribution in [2.24, 2.45) is 5.73 Å². The minimum absolute atomic E-state index is 0.0454. The Labute approximate surface area is 83.3 Å². The number of unbranched alkanes of at least 4 members (excludes halogenated alkanes) is 1. The quantitative estimate of drug-likeness (QED) is 0.539. The Kier molecular flexibility index (Phi) is 4.07. The molecule has 0 aliphatic heterocycles. The van der Waals surface area contributed by atoms with Gasteiger partial charge in [0.1, 0.15) is 0 Å². The normalized spacial score (nSPS) is 10.1. The van der Waals surface area contributed by atoms with Gasteiger partial charge in [-0.3, -0.25) is 9.78 Å². The van der Waals surface area contributed by atoms with Crippen LogP contribution in [-0.2, 0) is 0 Å². The Morgan fingerprint density at radius 3 is 2.86 bits per heavy atom. The van der Waals surface area contributed by atoms with Crippen molar-refractivity contribution in [2.45, 2.75) is 19.3 Å². The third-order valence-electron chi connectivity index (χ3n) is 2.01. The van der Waals surface area contributed by atoms with Gasteiger partial charge in [0.15, 0.2) is 5.78 Å². The second-order valence-electron chi connectivity index (χ2n) is 3.13. The number of nitrogen functional groups attached to an aromatic ring is 1. The summed E-state index contributed by atoms with van der Waals surface area (Å²) in [7, 11) is 0. The highest BCUT2D eigenvalue weighted by atomic mass is 16.1. The Bertz CT molecular complexity index is 312. The van der Waals surface area contributed by atoms with Crippen molar-refractivity contribution in [1.29, 1.82) is 0 Å². The molecule has 4 heteroatoms. The molecule has 0 atom stereocenters. The van der Waals surface area contributed by atoms with Crippen molar-refractivity contribution in [1.82, 2.24) is 4.98 Å². The van der Waals surface area contributed by atoms with E-state index in [2.05, 4.69) is 4.98 Å². The van der Waals surface area contributed by atoms with Gasteiger partial charge in [-0.2, -0.15) is 0 Å². The van der Waals surface area contributed by atoms with E-state index in [4.69, 9.17) is 11.5 Å². The Balaban J connectivity index is 2.56. The molecule has 0 fully saturated rings. The number of Topliss-reactive ketones (excluding diaryl/α,β-unsaturated/α-hetero) is 1. The van der Waals surface area contributed by atoms with Crippen LogP contribution >= 0.6 is 0 Å². The lowest BCUT2D eigenvalue weighted by Crippen LogP contribution is -2.05. The number of carbonyl (C=O) groups excluding carboxylic acids is 1. The fraction of sp³-hybridized carbons (Fsp3) is 0.400. The molecule has 0 aliphatic rings. The van der Waals surface area contributed by atoms with Gasteiger partial charge in [0.25, 0.3) is 0 Å². The number of rotatable bonds is 5. The van der Waals surface area contributed by atoms with Gasteiger partial charge in [-0.05, 0) is 25.5 Å². The number of nitrogens with zero attached hydrogens (tertiary/aromatic N) is 1. The number of ketones is 1. The summed E-state index contributed by atoms with van der Waals surface area (Å²) in [6, 6.07) is 1.64. The van der Waals surface area contributed by atoms with Crippen LogP contribution in [0.5, 0.6) is 0 Å². The lowest BCUT2D eigenvalue weighted by atomic mass is 10.1. The second-order valence-corrected chi connectivity index (χ2v) is 3.13. The molecule has 1 aromatic rings. The van der Waals surface area contributed by atoms with Crippen molar-refractivity contribution < 1.29 is 4.79 Å². The first-order valence-electron chi connectivity index (χ1n) is 4.68. The number of anilines is 1. The predicted molar refractivity (Wildman–Crippen MR) is 55.9 cm³/mol. The van der Waals surface area contributed by atoms with E-state index < -0.39 is 0 Å². The fourth-order valence-corrected chi connectivity index (χ4v) is 1.20. The fourth-order valence-electron chi connectivity index (χ4n) is 1.20. The van der Waals surface area contributed by atoms with E-state index in [0.717, 1.165) is 12.8 Å². The predicted octanol–water partition coefficient (Wildman–Crippen LogP) is 0.976. The summed E-state index contributed by atoms with van der Waals surface area (Å²) < 4.78 is 0. The van der Waals surface area contributed by atoms with Crippen molar-refractivity contribution in [3.63, 3.8) is 0 Å². The first kappa shape index (κ1) is 10.7. The van der Waals surface area contributed by atoms with Gasteiger partial charge in [0.05, 0.1) is 5.56 Å². The molecule has 0 bridgehead atoms. The monoisotopic (exact) mass is 193 g/mol. The first-order valence-corrected chi connectivity index (χ1v) is 4.68. The average Bonchev–Trinajstić information content (AvgIpc) is 2.18. The maximum absolute atomic E-state index is 11.6. The zero-order valence-electron chi connectivity index (χ0n) is 8.07. The lowest BCUT2D eigenvalue weighted by molar-refractivity contribution is 0.0980. The summed E-state index contributed by atoms with van der Waals surface area (Å²) >= 11 is 0. The first-order chi connectivity index (χ1) is 6.75. The van der Waals surface area contributed by atoms with Crippen molar-refractivity contribution in [3.8, 4) is 0 Å². The molecule has 76 valence electrons. The molecule has 0 radical (unpaired) electrons. The van der Waals surface area contributed by atoms with E-state index in [9.17, 15) is 4.79 Å². The number of carbonyl (C=O) groups is 1. The molecule has 4 N–H and O–H groups in total. The maximum atomic E-state index is 11.6. The molecule has 1 heterocycles. The highest BCUT2D eigenvalue weighted by Gasteiger charge is 2.08.